The molecule has 0 bridgehead atoms. The van der Waals surface area contributed by atoms with Crippen LogP contribution in [0.5, 0.6) is 0 Å². The van der Waals surface area contributed by atoms with E-state index in [-0.39, 0.29) is 5.69 Å². The van der Waals surface area contributed by atoms with Crippen molar-refractivity contribution >= 4 is 17.4 Å². The van der Waals surface area contributed by atoms with E-state index in [4.69, 9.17) is 5.26 Å². The van der Waals surface area contributed by atoms with Gasteiger partial charge in [-0.25, -0.2) is 10.2 Å². The highest BCUT2D eigenvalue weighted by atomic mass is 19.4. The van der Waals surface area contributed by atoms with E-state index in [2.05, 4.69) is 21.9 Å². The number of amides is 2. The first-order chi connectivity index (χ1) is 14.8. The minimum atomic E-state index is -4.44. The van der Waals surface area contributed by atoms with E-state index in [0.29, 0.717) is 17.7 Å². The van der Waals surface area contributed by atoms with Crippen molar-refractivity contribution in [2.45, 2.75) is 12.6 Å². The average Bonchev–Trinajstić information content (AvgIpc) is 2.77. The quantitative estimate of drug-likeness (QED) is 0.430. The molecule has 0 atom stereocenters. The van der Waals surface area contributed by atoms with Crippen LogP contribution in [0.2, 0.25) is 0 Å². The van der Waals surface area contributed by atoms with Gasteiger partial charge in [0.15, 0.2) is 0 Å². The largest absolute Gasteiger partial charge is 0.416 e. The first kappa shape index (κ1) is 21.6. The van der Waals surface area contributed by atoms with Gasteiger partial charge in [-0.15, -0.1) is 0 Å². The molecule has 5 nitrogen and oxygen atoms in total. The van der Waals surface area contributed by atoms with Crippen LogP contribution in [-0.4, -0.2) is 11.7 Å². The first-order valence-electron chi connectivity index (χ1n) is 9.20. The second-order valence-electron chi connectivity index (χ2n) is 6.55. The molecular formula is C23H17F3N4O. The molecule has 3 rings (SSSR count). The van der Waals surface area contributed by atoms with E-state index in [0.717, 1.165) is 23.3 Å². The van der Waals surface area contributed by atoms with E-state index < -0.39 is 17.8 Å². The van der Waals surface area contributed by atoms with Crippen LogP contribution in [0.3, 0.4) is 0 Å². The molecule has 0 unspecified atom stereocenters. The van der Waals surface area contributed by atoms with Gasteiger partial charge in [0.05, 0.1) is 22.9 Å². The lowest BCUT2D eigenvalue weighted by atomic mass is 10.0. The zero-order valence-electron chi connectivity index (χ0n) is 16.1. The predicted octanol–water partition coefficient (Wildman–Crippen LogP) is 5.35. The Bertz CT molecular complexity index is 1100. The van der Waals surface area contributed by atoms with Crippen LogP contribution in [0.4, 0.5) is 23.7 Å². The molecule has 0 aliphatic heterocycles. The molecule has 0 heterocycles. The van der Waals surface area contributed by atoms with Crippen molar-refractivity contribution in [3.05, 3.63) is 101 Å². The van der Waals surface area contributed by atoms with E-state index in [1.165, 1.54) is 12.1 Å². The summed E-state index contributed by atoms with van der Waals surface area (Å²) in [7, 11) is 0. The van der Waals surface area contributed by atoms with Gasteiger partial charge < -0.3 is 5.32 Å². The third-order valence-corrected chi connectivity index (χ3v) is 4.32. The second-order valence-corrected chi connectivity index (χ2v) is 6.55. The molecular weight excluding hydrogens is 405 g/mol. The number of benzene rings is 3. The zero-order valence-corrected chi connectivity index (χ0v) is 16.1. The van der Waals surface area contributed by atoms with Crippen molar-refractivity contribution in [3.8, 4) is 6.07 Å². The van der Waals surface area contributed by atoms with Gasteiger partial charge in [0.25, 0.3) is 0 Å². The van der Waals surface area contributed by atoms with Crippen molar-refractivity contribution < 1.29 is 18.0 Å². The van der Waals surface area contributed by atoms with Gasteiger partial charge in [-0.2, -0.15) is 23.5 Å². The Morgan fingerprint density at radius 1 is 0.935 bits per heavy atom. The van der Waals surface area contributed by atoms with E-state index in [1.807, 2.05) is 30.3 Å². The molecule has 8 heteroatoms. The minimum absolute atomic E-state index is 0.203. The Morgan fingerprint density at radius 3 is 2.16 bits per heavy atom. The molecule has 0 fully saturated rings. The van der Waals surface area contributed by atoms with Crippen LogP contribution in [0.25, 0.3) is 0 Å². The van der Waals surface area contributed by atoms with Gasteiger partial charge >= 0.3 is 12.2 Å². The number of carbonyl (C=O) groups is 1. The van der Waals surface area contributed by atoms with Crippen molar-refractivity contribution in [3.63, 3.8) is 0 Å². The summed E-state index contributed by atoms with van der Waals surface area (Å²) in [4.78, 5) is 12.2. The zero-order chi connectivity index (χ0) is 22.3. The van der Waals surface area contributed by atoms with Crippen molar-refractivity contribution in [2.75, 3.05) is 5.32 Å². The number of nitrogens with zero attached hydrogens (tertiary/aromatic N) is 2. The van der Waals surface area contributed by atoms with E-state index in [9.17, 15) is 18.0 Å². The average molecular weight is 422 g/mol. The predicted molar refractivity (Wildman–Crippen MR) is 111 cm³/mol. The number of urea groups is 1. The lowest BCUT2D eigenvalue weighted by Gasteiger charge is -2.10. The van der Waals surface area contributed by atoms with Crippen LogP contribution < -0.4 is 10.7 Å². The van der Waals surface area contributed by atoms with E-state index in [1.54, 1.807) is 24.3 Å². The van der Waals surface area contributed by atoms with Crippen LogP contribution in [0.1, 0.15) is 22.3 Å². The molecule has 3 aromatic carbocycles. The summed E-state index contributed by atoms with van der Waals surface area (Å²) in [6.45, 7) is 0. The fourth-order valence-corrected chi connectivity index (χ4v) is 2.75. The Labute approximate surface area is 176 Å². The summed E-state index contributed by atoms with van der Waals surface area (Å²) >= 11 is 0. The number of nitrogens with one attached hydrogen (secondary N) is 2. The van der Waals surface area contributed by atoms with Crippen molar-refractivity contribution in [2.24, 2.45) is 5.10 Å². The number of hydrogen-bond acceptors (Lipinski definition) is 3. The van der Waals surface area contributed by atoms with Crippen LogP contribution in [-0.2, 0) is 12.6 Å². The summed E-state index contributed by atoms with van der Waals surface area (Å²) in [5, 5.41) is 15.6. The molecule has 0 saturated carbocycles. The number of carbonyl (C=O) groups excluding carboxylic acids is 1. The maximum Gasteiger partial charge on any atom is 0.416 e. The molecule has 2 amide bonds. The summed E-state index contributed by atoms with van der Waals surface area (Å²) in [6.07, 6.45) is -4.04. The van der Waals surface area contributed by atoms with Gasteiger partial charge in [0.2, 0.25) is 0 Å². The standard InChI is InChI=1S/C23H17F3N4O/c24-23(25,26)19-10-12-20(13-11-19)28-22(31)30-29-21(18-4-2-1-3-5-18)14-16-6-8-17(15-27)9-7-16/h1-13H,14H2,(H2,28,30,31). The monoisotopic (exact) mass is 422 g/mol. The Kier molecular flexibility index (Phi) is 6.67. The summed E-state index contributed by atoms with van der Waals surface area (Å²) < 4.78 is 37.9. The Hall–Kier alpha value is -4.12. The van der Waals surface area contributed by atoms with Crippen molar-refractivity contribution in [1.29, 1.82) is 5.26 Å². The topological polar surface area (TPSA) is 77.3 Å². The third kappa shape index (κ3) is 6.18. The number of rotatable bonds is 5. The molecule has 0 saturated heterocycles. The highest BCUT2D eigenvalue weighted by Gasteiger charge is 2.29. The molecule has 2 N–H and O–H groups in total. The molecule has 0 spiro atoms. The Balaban J connectivity index is 1.72. The van der Waals surface area contributed by atoms with Gasteiger partial charge in [0, 0.05) is 12.1 Å². The minimum Gasteiger partial charge on any atom is -0.307 e. The molecule has 0 aliphatic rings. The maximum absolute atomic E-state index is 12.6. The highest BCUT2D eigenvalue weighted by molar-refractivity contribution is 6.02. The first-order valence-corrected chi connectivity index (χ1v) is 9.20. The smallest absolute Gasteiger partial charge is 0.307 e. The molecule has 31 heavy (non-hydrogen) atoms. The van der Waals surface area contributed by atoms with Crippen LogP contribution in [0, 0.1) is 11.3 Å². The number of nitriles is 1. The van der Waals surface area contributed by atoms with Gasteiger partial charge in [0.1, 0.15) is 0 Å². The van der Waals surface area contributed by atoms with E-state index >= 15 is 0 Å². The van der Waals surface area contributed by atoms with Gasteiger partial charge in [-0.05, 0) is 47.5 Å². The lowest BCUT2D eigenvalue weighted by molar-refractivity contribution is -0.137. The van der Waals surface area contributed by atoms with Gasteiger partial charge in [-0.3, -0.25) is 0 Å². The number of anilines is 1. The van der Waals surface area contributed by atoms with Crippen LogP contribution >= 0.6 is 0 Å². The number of alkyl halides is 3. The third-order valence-electron chi connectivity index (χ3n) is 4.32. The number of hydrogen-bond donors (Lipinski definition) is 2. The van der Waals surface area contributed by atoms with Crippen molar-refractivity contribution in [1.82, 2.24) is 5.43 Å². The summed E-state index contributed by atoms with van der Waals surface area (Å²) in [6, 6.07) is 21.7. The molecule has 0 radical (unpaired) electrons. The molecule has 0 aromatic heterocycles. The lowest BCUT2D eigenvalue weighted by Crippen LogP contribution is -2.26. The normalized spacial score (nSPS) is 11.5. The molecule has 0 aliphatic carbocycles. The van der Waals surface area contributed by atoms with Crippen LogP contribution in [0.15, 0.2) is 84.0 Å². The summed E-state index contributed by atoms with van der Waals surface area (Å²) in [5.41, 5.74) is 4.59. The number of halogens is 3. The van der Waals surface area contributed by atoms with Gasteiger partial charge in [-0.1, -0.05) is 42.5 Å². The maximum atomic E-state index is 12.6. The fourth-order valence-electron chi connectivity index (χ4n) is 2.75. The Morgan fingerprint density at radius 2 is 1.58 bits per heavy atom. The second kappa shape index (κ2) is 9.59. The molecule has 3 aromatic rings. The number of hydrazone groups is 1. The fraction of sp³-hybridized carbons (Fsp3) is 0.0870. The summed E-state index contributed by atoms with van der Waals surface area (Å²) in [5.74, 6) is 0. The highest BCUT2D eigenvalue weighted by Crippen LogP contribution is 2.29. The SMILES string of the molecule is N#Cc1ccc(CC(=NNC(=O)Nc2ccc(C(F)(F)F)cc2)c2ccccc2)cc1. The molecule has 156 valence electrons.